The van der Waals surface area contributed by atoms with E-state index in [4.69, 9.17) is 18.9 Å². The molecule has 1 heterocycles. The van der Waals surface area contributed by atoms with Gasteiger partial charge in [-0.05, 0) is 29.8 Å². The van der Waals surface area contributed by atoms with E-state index in [1.54, 1.807) is 69.5 Å². The summed E-state index contributed by atoms with van der Waals surface area (Å²) in [6.45, 7) is 3.08. The molecular formula is C24H30O8. The second kappa shape index (κ2) is 10.3. The first-order valence-electron chi connectivity index (χ1n) is 10.5. The molecule has 0 unspecified atom stereocenters. The van der Waals surface area contributed by atoms with Crippen LogP contribution >= 0.6 is 0 Å². The monoisotopic (exact) mass is 446 g/mol. The maximum Gasteiger partial charge on any atom is 0.308 e. The molecule has 1 aliphatic rings. The van der Waals surface area contributed by atoms with Gasteiger partial charge in [-0.25, -0.2) is 0 Å². The smallest absolute Gasteiger partial charge is 0.308 e. The first-order valence-corrected chi connectivity index (χ1v) is 10.5. The van der Waals surface area contributed by atoms with Gasteiger partial charge in [-0.2, -0.15) is 0 Å². The molecule has 8 heteroatoms. The number of benzene rings is 2. The third-order valence-corrected chi connectivity index (χ3v) is 5.42. The lowest BCUT2D eigenvalue weighted by atomic mass is 9.81. The van der Waals surface area contributed by atoms with Crippen molar-refractivity contribution in [3.63, 3.8) is 0 Å². The molecule has 3 rings (SSSR count). The van der Waals surface area contributed by atoms with Crippen LogP contribution in [0.4, 0.5) is 0 Å². The molecule has 8 nitrogen and oxygen atoms in total. The van der Waals surface area contributed by atoms with Crippen LogP contribution < -0.4 is 9.47 Å². The Balaban J connectivity index is 1.85. The fraction of sp³-hybridized carbons (Fsp3) is 0.458. The minimum atomic E-state index is -1.98. The van der Waals surface area contributed by atoms with Crippen LogP contribution in [-0.4, -0.2) is 65.2 Å². The highest BCUT2D eigenvalue weighted by Crippen LogP contribution is 2.35. The van der Waals surface area contributed by atoms with Crippen molar-refractivity contribution in [3.05, 3.63) is 60.2 Å². The van der Waals surface area contributed by atoms with Crippen LogP contribution in [0.2, 0.25) is 0 Å². The Kier molecular flexibility index (Phi) is 7.73. The number of aliphatic hydroxyl groups is 3. The van der Waals surface area contributed by atoms with E-state index in [0.717, 1.165) is 0 Å². The molecule has 2 aromatic carbocycles. The van der Waals surface area contributed by atoms with Gasteiger partial charge in [0, 0.05) is 6.42 Å². The number of ether oxygens (including phenoxy) is 4. The molecule has 3 N–H and O–H groups in total. The van der Waals surface area contributed by atoms with Crippen LogP contribution in [0.5, 0.6) is 11.5 Å². The van der Waals surface area contributed by atoms with Gasteiger partial charge >= 0.3 is 5.97 Å². The van der Waals surface area contributed by atoms with Crippen molar-refractivity contribution in [1.29, 1.82) is 0 Å². The zero-order valence-corrected chi connectivity index (χ0v) is 18.4. The van der Waals surface area contributed by atoms with Crippen molar-refractivity contribution in [2.24, 2.45) is 5.92 Å². The van der Waals surface area contributed by atoms with Gasteiger partial charge in [0.2, 0.25) is 6.29 Å². The highest BCUT2D eigenvalue weighted by atomic mass is 16.7. The zero-order chi connectivity index (χ0) is 23.3. The molecule has 0 bridgehead atoms. The van der Waals surface area contributed by atoms with E-state index in [1.165, 1.54) is 0 Å². The van der Waals surface area contributed by atoms with Crippen LogP contribution in [0.3, 0.4) is 0 Å². The van der Waals surface area contributed by atoms with E-state index < -0.39 is 36.2 Å². The average molecular weight is 446 g/mol. The van der Waals surface area contributed by atoms with Crippen LogP contribution in [0, 0.1) is 5.92 Å². The minimum Gasteiger partial charge on any atom is -0.497 e. The highest BCUT2D eigenvalue weighted by molar-refractivity contribution is 5.71. The van der Waals surface area contributed by atoms with Gasteiger partial charge in [0.05, 0.1) is 13.0 Å². The predicted octanol–water partition coefficient (Wildman–Crippen LogP) is 1.69. The number of methoxy groups -OCH3 is 1. The molecule has 5 atom stereocenters. The molecular weight excluding hydrogens is 416 g/mol. The lowest BCUT2D eigenvalue weighted by Gasteiger charge is -2.47. The zero-order valence-electron chi connectivity index (χ0n) is 18.4. The Labute approximate surface area is 187 Å². The van der Waals surface area contributed by atoms with Gasteiger partial charge < -0.3 is 34.3 Å². The molecule has 174 valence electrons. The molecule has 0 aromatic heterocycles. The molecule has 1 fully saturated rings. The van der Waals surface area contributed by atoms with Crippen LogP contribution in [0.25, 0.3) is 0 Å². The predicted molar refractivity (Wildman–Crippen MR) is 115 cm³/mol. The Morgan fingerprint density at radius 1 is 1.06 bits per heavy atom. The van der Waals surface area contributed by atoms with E-state index in [2.05, 4.69) is 0 Å². The molecule has 2 aromatic rings. The van der Waals surface area contributed by atoms with Crippen LogP contribution in [0.1, 0.15) is 19.4 Å². The molecule has 0 saturated carbocycles. The summed E-state index contributed by atoms with van der Waals surface area (Å²) in [6.07, 6.45) is -5.63. The number of hydrogen-bond donors (Lipinski definition) is 3. The summed E-state index contributed by atoms with van der Waals surface area (Å²) >= 11 is 0. The van der Waals surface area contributed by atoms with Gasteiger partial charge in [-0.1, -0.05) is 44.2 Å². The number of carbonyl (C=O) groups excluding carboxylic acids is 1. The lowest BCUT2D eigenvalue weighted by molar-refractivity contribution is -0.320. The van der Waals surface area contributed by atoms with Gasteiger partial charge in [0.1, 0.15) is 36.4 Å². The first-order chi connectivity index (χ1) is 15.2. The third-order valence-electron chi connectivity index (χ3n) is 5.42. The summed E-state index contributed by atoms with van der Waals surface area (Å²) in [6, 6.07) is 15.6. The van der Waals surface area contributed by atoms with E-state index >= 15 is 0 Å². The number of aliphatic hydroxyl groups excluding tert-OH is 2. The highest BCUT2D eigenvalue weighted by Gasteiger charge is 2.56. The summed E-state index contributed by atoms with van der Waals surface area (Å²) in [7, 11) is 1.55. The quantitative estimate of drug-likeness (QED) is 0.525. The van der Waals surface area contributed by atoms with E-state index in [0.29, 0.717) is 17.1 Å². The number of rotatable bonds is 8. The van der Waals surface area contributed by atoms with Crippen molar-refractivity contribution in [3.8, 4) is 11.5 Å². The molecule has 32 heavy (non-hydrogen) atoms. The standard InChI is InChI=1S/C24H30O8/c1-15(2)22(27)30-14-19-20(25)21(26)24(28,13-16-9-11-17(29-3)12-10-16)23(32-19)31-18-7-5-4-6-8-18/h4-12,15,19-21,23,25-26,28H,13-14H2,1-3H3/t19-,20-,21+,23-,24-/m1/s1. The molecule has 0 amide bonds. The second-order valence-electron chi connectivity index (χ2n) is 8.17. The maximum absolute atomic E-state index is 11.9. The average Bonchev–Trinajstić information content (AvgIpc) is 2.80. The fourth-order valence-corrected chi connectivity index (χ4v) is 3.48. The maximum atomic E-state index is 11.9. The Hall–Kier alpha value is -2.65. The first kappa shape index (κ1) is 24.0. The van der Waals surface area contributed by atoms with Crippen LogP contribution in [0.15, 0.2) is 54.6 Å². The largest absolute Gasteiger partial charge is 0.497 e. The Morgan fingerprint density at radius 2 is 1.72 bits per heavy atom. The van der Waals surface area contributed by atoms with Crippen molar-refractivity contribution < 1.29 is 39.1 Å². The normalized spacial score (nSPS) is 27.7. The number of carbonyl (C=O) groups is 1. The Morgan fingerprint density at radius 3 is 2.31 bits per heavy atom. The van der Waals surface area contributed by atoms with Gasteiger partial charge in [0.15, 0.2) is 5.60 Å². The Bertz CT molecular complexity index is 869. The number of esters is 1. The van der Waals surface area contributed by atoms with Gasteiger partial charge in [-0.15, -0.1) is 0 Å². The molecule has 0 aliphatic carbocycles. The van der Waals surface area contributed by atoms with E-state index in [1.807, 2.05) is 6.07 Å². The topological polar surface area (TPSA) is 115 Å². The number of para-hydroxylation sites is 1. The van der Waals surface area contributed by atoms with E-state index in [-0.39, 0.29) is 18.9 Å². The van der Waals surface area contributed by atoms with Crippen molar-refractivity contribution in [1.82, 2.24) is 0 Å². The van der Waals surface area contributed by atoms with Crippen molar-refractivity contribution in [2.45, 2.75) is 50.5 Å². The summed E-state index contributed by atoms with van der Waals surface area (Å²) in [5, 5.41) is 33.1. The molecule has 1 saturated heterocycles. The molecule has 0 radical (unpaired) electrons. The minimum absolute atomic E-state index is 0.0643. The van der Waals surface area contributed by atoms with E-state index in [9.17, 15) is 20.1 Å². The third kappa shape index (κ3) is 5.39. The van der Waals surface area contributed by atoms with Gasteiger partial charge in [0.25, 0.3) is 0 Å². The fourth-order valence-electron chi connectivity index (χ4n) is 3.48. The summed E-state index contributed by atoms with van der Waals surface area (Å²) in [5.41, 5.74) is -1.31. The second-order valence-corrected chi connectivity index (χ2v) is 8.17. The van der Waals surface area contributed by atoms with Crippen LogP contribution in [-0.2, 0) is 20.7 Å². The summed E-state index contributed by atoms with van der Waals surface area (Å²) in [4.78, 5) is 11.9. The summed E-state index contributed by atoms with van der Waals surface area (Å²) in [5.74, 6) is 0.233. The number of hydrogen-bond acceptors (Lipinski definition) is 8. The van der Waals surface area contributed by atoms with Crippen molar-refractivity contribution >= 4 is 5.97 Å². The molecule has 0 spiro atoms. The lowest BCUT2D eigenvalue weighted by Crippen LogP contribution is -2.69. The van der Waals surface area contributed by atoms with Crippen molar-refractivity contribution in [2.75, 3.05) is 13.7 Å². The molecule has 1 aliphatic heterocycles. The SMILES string of the molecule is COc1ccc(C[C@]2(O)[C@H](Oc3ccccc3)O[C@H](COC(=O)C(C)C)[C@@H](O)[C@@H]2O)cc1. The summed E-state index contributed by atoms with van der Waals surface area (Å²) < 4.78 is 22.1. The van der Waals surface area contributed by atoms with Gasteiger partial charge in [-0.3, -0.25) is 4.79 Å².